The molecule has 0 spiro atoms. The van der Waals surface area contributed by atoms with Crippen molar-refractivity contribution in [3.63, 3.8) is 0 Å². The minimum atomic E-state index is -0.257. The van der Waals surface area contributed by atoms with Crippen molar-refractivity contribution in [2.24, 2.45) is 0 Å². The minimum Gasteiger partial charge on any atom is -0.350 e. The molecule has 1 aromatic carbocycles. The lowest BCUT2D eigenvalue weighted by Crippen LogP contribution is -2.36. The number of thiophene rings is 1. The Bertz CT molecular complexity index is 789. The first kappa shape index (κ1) is 18.1. The van der Waals surface area contributed by atoms with E-state index >= 15 is 0 Å². The fourth-order valence-corrected chi connectivity index (χ4v) is 3.47. The molecule has 6 nitrogen and oxygen atoms in total. The zero-order valence-corrected chi connectivity index (χ0v) is 15.2. The maximum absolute atomic E-state index is 12.0. The van der Waals surface area contributed by atoms with Gasteiger partial charge in [-0.1, -0.05) is 12.1 Å². The van der Waals surface area contributed by atoms with E-state index in [-0.39, 0.29) is 24.3 Å². The van der Waals surface area contributed by atoms with Crippen LogP contribution in [0, 0.1) is 0 Å². The van der Waals surface area contributed by atoms with Gasteiger partial charge in [0.15, 0.2) is 0 Å². The summed E-state index contributed by atoms with van der Waals surface area (Å²) < 4.78 is 0. The Balaban J connectivity index is 1.49. The first-order chi connectivity index (χ1) is 12.6. The average molecular weight is 371 g/mol. The number of amides is 3. The second kappa shape index (κ2) is 8.62. The number of carbonyl (C=O) groups excluding carboxylic acids is 3. The number of carbonyl (C=O) groups is 3. The van der Waals surface area contributed by atoms with E-state index in [1.54, 1.807) is 16.3 Å². The molecule has 26 heavy (non-hydrogen) atoms. The molecule has 1 fully saturated rings. The number of benzene rings is 1. The summed E-state index contributed by atoms with van der Waals surface area (Å²) >= 11 is 1.43. The highest BCUT2D eigenvalue weighted by Gasteiger charge is 2.19. The summed E-state index contributed by atoms with van der Waals surface area (Å²) in [6.45, 7) is 1.02. The normalized spacial score (nSPS) is 14.2. The van der Waals surface area contributed by atoms with E-state index in [9.17, 15) is 14.4 Å². The molecule has 2 heterocycles. The molecular formula is C19H21N3O3S. The fourth-order valence-electron chi connectivity index (χ4n) is 2.83. The first-order valence-electron chi connectivity index (χ1n) is 8.60. The number of nitrogens with one attached hydrogen (secondary N) is 2. The summed E-state index contributed by atoms with van der Waals surface area (Å²) in [4.78, 5) is 37.6. The molecule has 7 heteroatoms. The molecule has 0 atom stereocenters. The number of nitrogens with zero attached hydrogens (tertiary/aromatic N) is 1. The Morgan fingerprint density at radius 2 is 2.04 bits per heavy atom. The molecular weight excluding hydrogens is 350 g/mol. The second-order valence-corrected chi connectivity index (χ2v) is 6.92. The van der Waals surface area contributed by atoms with Gasteiger partial charge in [-0.15, -0.1) is 0 Å². The van der Waals surface area contributed by atoms with Crippen molar-refractivity contribution in [1.82, 2.24) is 10.6 Å². The van der Waals surface area contributed by atoms with Crippen LogP contribution in [0.1, 0.15) is 35.2 Å². The van der Waals surface area contributed by atoms with Crippen LogP contribution in [0.25, 0.3) is 0 Å². The third-order valence-corrected chi connectivity index (χ3v) is 4.91. The Kier molecular flexibility index (Phi) is 6.01. The summed E-state index contributed by atoms with van der Waals surface area (Å²) in [5.41, 5.74) is 2.34. The number of anilines is 1. The van der Waals surface area contributed by atoms with Crippen LogP contribution in [-0.2, 0) is 16.1 Å². The fraction of sp³-hybridized carbons (Fsp3) is 0.316. The monoisotopic (exact) mass is 371 g/mol. The lowest BCUT2D eigenvalue weighted by atomic mass is 10.1. The summed E-state index contributed by atoms with van der Waals surface area (Å²) in [7, 11) is 0. The topological polar surface area (TPSA) is 78.5 Å². The zero-order chi connectivity index (χ0) is 18.4. The maximum Gasteiger partial charge on any atom is 0.252 e. The smallest absolute Gasteiger partial charge is 0.252 e. The molecule has 1 saturated heterocycles. The van der Waals surface area contributed by atoms with Gasteiger partial charge in [0.05, 0.1) is 6.54 Å². The van der Waals surface area contributed by atoms with Gasteiger partial charge in [0.1, 0.15) is 0 Å². The first-order valence-corrected chi connectivity index (χ1v) is 9.54. The molecule has 2 aromatic rings. The van der Waals surface area contributed by atoms with E-state index in [0.717, 1.165) is 30.6 Å². The Morgan fingerprint density at radius 1 is 1.15 bits per heavy atom. The molecule has 0 radical (unpaired) electrons. The predicted molar refractivity (Wildman–Crippen MR) is 101 cm³/mol. The molecule has 2 N–H and O–H groups in total. The average Bonchev–Trinajstić information content (AvgIpc) is 3.20. The molecule has 1 aliphatic heterocycles. The van der Waals surface area contributed by atoms with E-state index in [0.29, 0.717) is 18.5 Å². The van der Waals surface area contributed by atoms with Crippen molar-refractivity contribution in [1.29, 1.82) is 0 Å². The molecule has 3 amide bonds. The van der Waals surface area contributed by atoms with E-state index in [4.69, 9.17) is 0 Å². The van der Waals surface area contributed by atoms with Gasteiger partial charge in [0, 0.05) is 36.1 Å². The Morgan fingerprint density at radius 3 is 2.81 bits per heavy atom. The standard InChI is InChI=1S/C19H21N3O3S/c23-17(12-21-19(25)15-7-9-26-13-15)20-11-14-4-3-5-16(10-14)22-8-2-1-6-18(22)24/h3-5,7,9-10,13H,1-2,6,8,11-12H2,(H,20,23)(H,21,25). The van der Waals surface area contributed by atoms with E-state index in [2.05, 4.69) is 10.6 Å². The highest BCUT2D eigenvalue weighted by Crippen LogP contribution is 2.21. The maximum atomic E-state index is 12.0. The van der Waals surface area contributed by atoms with Gasteiger partial charge in [-0.2, -0.15) is 11.3 Å². The molecule has 0 aliphatic carbocycles. The van der Waals surface area contributed by atoms with Crippen LogP contribution < -0.4 is 15.5 Å². The lowest BCUT2D eigenvalue weighted by molar-refractivity contribution is -0.120. The molecule has 1 aliphatic rings. The second-order valence-electron chi connectivity index (χ2n) is 6.14. The van der Waals surface area contributed by atoms with Gasteiger partial charge in [-0.3, -0.25) is 14.4 Å². The van der Waals surface area contributed by atoms with Crippen LogP contribution in [0.3, 0.4) is 0 Å². The van der Waals surface area contributed by atoms with Crippen molar-refractivity contribution in [3.8, 4) is 0 Å². The van der Waals surface area contributed by atoms with Crippen LogP contribution in [0.2, 0.25) is 0 Å². The summed E-state index contributed by atoms with van der Waals surface area (Å²) in [5, 5.41) is 8.93. The van der Waals surface area contributed by atoms with Gasteiger partial charge in [0.2, 0.25) is 11.8 Å². The van der Waals surface area contributed by atoms with Crippen molar-refractivity contribution in [2.45, 2.75) is 25.8 Å². The van der Waals surface area contributed by atoms with Gasteiger partial charge in [-0.25, -0.2) is 0 Å². The quantitative estimate of drug-likeness (QED) is 0.818. The van der Waals surface area contributed by atoms with Crippen LogP contribution in [0.5, 0.6) is 0 Å². The van der Waals surface area contributed by atoms with Crippen molar-refractivity contribution in [3.05, 3.63) is 52.2 Å². The number of hydrogen-bond donors (Lipinski definition) is 2. The van der Waals surface area contributed by atoms with E-state index in [1.165, 1.54) is 11.3 Å². The highest BCUT2D eigenvalue weighted by atomic mass is 32.1. The number of hydrogen-bond acceptors (Lipinski definition) is 4. The van der Waals surface area contributed by atoms with Gasteiger partial charge in [-0.05, 0) is 42.0 Å². The van der Waals surface area contributed by atoms with Crippen molar-refractivity contribution in [2.75, 3.05) is 18.0 Å². The summed E-state index contributed by atoms with van der Waals surface area (Å²) in [6, 6.07) is 9.34. The van der Waals surface area contributed by atoms with Crippen molar-refractivity contribution >= 4 is 34.7 Å². The zero-order valence-electron chi connectivity index (χ0n) is 14.4. The van der Waals surface area contributed by atoms with Crippen LogP contribution in [-0.4, -0.2) is 30.8 Å². The number of piperidine rings is 1. The summed E-state index contributed by atoms with van der Waals surface area (Å²) in [6.07, 6.45) is 2.55. The molecule has 0 saturated carbocycles. The van der Waals surface area contributed by atoms with E-state index < -0.39 is 0 Å². The number of rotatable bonds is 6. The lowest BCUT2D eigenvalue weighted by Gasteiger charge is -2.27. The van der Waals surface area contributed by atoms with Crippen LogP contribution in [0.15, 0.2) is 41.1 Å². The van der Waals surface area contributed by atoms with Gasteiger partial charge >= 0.3 is 0 Å². The molecule has 3 rings (SSSR count). The molecule has 136 valence electrons. The third-order valence-electron chi connectivity index (χ3n) is 4.23. The highest BCUT2D eigenvalue weighted by molar-refractivity contribution is 7.08. The van der Waals surface area contributed by atoms with Gasteiger partial charge < -0.3 is 15.5 Å². The molecule has 0 unspecified atom stereocenters. The molecule has 1 aromatic heterocycles. The third kappa shape index (κ3) is 4.70. The van der Waals surface area contributed by atoms with Crippen LogP contribution in [0.4, 0.5) is 5.69 Å². The summed E-state index contributed by atoms with van der Waals surface area (Å²) in [5.74, 6) is -0.367. The Labute approximate surface area is 156 Å². The molecule has 0 bridgehead atoms. The largest absolute Gasteiger partial charge is 0.350 e. The Hall–Kier alpha value is -2.67. The SMILES string of the molecule is O=C(CNC(=O)c1ccsc1)NCc1cccc(N2CCCCC2=O)c1. The van der Waals surface area contributed by atoms with E-state index in [1.807, 2.05) is 29.6 Å². The van der Waals surface area contributed by atoms with Crippen molar-refractivity contribution < 1.29 is 14.4 Å². The predicted octanol–water partition coefficient (Wildman–Crippen LogP) is 2.31. The minimum absolute atomic E-state index is 0.0705. The van der Waals surface area contributed by atoms with Gasteiger partial charge in [0.25, 0.3) is 5.91 Å². The van der Waals surface area contributed by atoms with Crippen LogP contribution >= 0.6 is 11.3 Å².